The van der Waals surface area contributed by atoms with Crippen LogP contribution in [0.5, 0.6) is 0 Å². The minimum atomic E-state index is -0.891. The Morgan fingerprint density at radius 1 is 1.05 bits per heavy atom. The molecule has 1 nitrogen and oxygen atoms in total. The quantitative estimate of drug-likeness (QED) is 0.743. The summed E-state index contributed by atoms with van der Waals surface area (Å²) in [7, 11) is 0. The maximum Gasteiger partial charge on any atom is 0.142 e. The lowest BCUT2D eigenvalue weighted by molar-refractivity contribution is 0.581. The van der Waals surface area contributed by atoms with E-state index in [0.717, 1.165) is 5.56 Å². The molecule has 112 valence electrons. The summed E-state index contributed by atoms with van der Waals surface area (Å²) in [4.78, 5) is 0. The second kappa shape index (κ2) is 5.96. The van der Waals surface area contributed by atoms with Crippen molar-refractivity contribution in [1.29, 1.82) is 0 Å². The monoisotopic (exact) mass is 325 g/mol. The van der Waals surface area contributed by atoms with Crippen LogP contribution in [-0.4, -0.2) is 0 Å². The van der Waals surface area contributed by atoms with E-state index in [-0.39, 0.29) is 5.02 Å². The van der Waals surface area contributed by atoms with Crippen LogP contribution in [0.4, 0.5) is 4.39 Å². The average Bonchev–Trinajstić information content (AvgIpc) is 2.42. The third-order valence-electron chi connectivity index (χ3n) is 3.75. The van der Waals surface area contributed by atoms with Gasteiger partial charge in [-0.2, -0.15) is 0 Å². The van der Waals surface area contributed by atoms with Gasteiger partial charge in [-0.25, -0.2) is 4.39 Å². The van der Waals surface area contributed by atoms with Crippen molar-refractivity contribution in [3.05, 3.63) is 69.0 Å². The Hall–Kier alpha value is -1.09. The van der Waals surface area contributed by atoms with Crippen LogP contribution in [0.3, 0.4) is 0 Å². The van der Waals surface area contributed by atoms with Gasteiger partial charge in [0.25, 0.3) is 0 Å². The van der Waals surface area contributed by atoms with E-state index >= 15 is 0 Å². The van der Waals surface area contributed by atoms with Gasteiger partial charge in [-0.3, -0.25) is 0 Å². The van der Waals surface area contributed by atoms with Gasteiger partial charge in [0, 0.05) is 5.02 Å². The summed E-state index contributed by atoms with van der Waals surface area (Å²) in [5, 5.41) is 0.356. The third kappa shape index (κ3) is 3.23. The molecule has 0 radical (unpaired) electrons. The van der Waals surface area contributed by atoms with Gasteiger partial charge in [0.05, 0.1) is 10.6 Å². The zero-order valence-corrected chi connectivity index (χ0v) is 13.8. The molecule has 2 N–H and O–H groups in total. The first-order chi connectivity index (χ1) is 9.73. The Labute approximate surface area is 134 Å². The van der Waals surface area contributed by atoms with E-state index < -0.39 is 11.4 Å². The van der Waals surface area contributed by atoms with Crippen molar-refractivity contribution < 1.29 is 4.39 Å². The van der Waals surface area contributed by atoms with Crippen molar-refractivity contribution in [2.45, 2.75) is 32.2 Å². The van der Waals surface area contributed by atoms with Gasteiger partial charge in [-0.05, 0) is 41.7 Å². The zero-order valence-electron chi connectivity index (χ0n) is 12.3. The zero-order chi connectivity index (χ0) is 15.8. The van der Waals surface area contributed by atoms with Crippen molar-refractivity contribution in [3.63, 3.8) is 0 Å². The molecule has 1 atom stereocenters. The van der Waals surface area contributed by atoms with E-state index in [1.165, 1.54) is 17.7 Å². The lowest BCUT2D eigenvalue weighted by Gasteiger charge is -2.27. The highest BCUT2D eigenvalue weighted by Gasteiger charge is 2.27. The van der Waals surface area contributed by atoms with Crippen molar-refractivity contribution in [1.82, 2.24) is 0 Å². The maximum absolute atomic E-state index is 13.7. The van der Waals surface area contributed by atoms with Crippen molar-refractivity contribution in [2.24, 2.45) is 5.73 Å². The molecule has 2 aromatic carbocycles. The SMILES string of the molecule is CC(C)c1ccc(C(C)(N)c2cc(F)c(Cl)cc2Cl)cc1. The summed E-state index contributed by atoms with van der Waals surface area (Å²) in [5.41, 5.74) is 8.13. The van der Waals surface area contributed by atoms with E-state index in [2.05, 4.69) is 13.8 Å². The molecule has 0 saturated carbocycles. The van der Waals surface area contributed by atoms with Gasteiger partial charge in [0.1, 0.15) is 5.82 Å². The molecular formula is C17H18Cl2FN. The molecule has 2 aromatic rings. The van der Waals surface area contributed by atoms with Crippen molar-refractivity contribution in [3.8, 4) is 0 Å². The normalized spacial score (nSPS) is 14.3. The van der Waals surface area contributed by atoms with Crippen LogP contribution < -0.4 is 5.73 Å². The average molecular weight is 326 g/mol. The van der Waals surface area contributed by atoms with E-state index in [1.54, 1.807) is 0 Å². The molecule has 2 rings (SSSR count). The number of benzene rings is 2. The highest BCUT2D eigenvalue weighted by atomic mass is 35.5. The second-order valence-corrected chi connectivity index (χ2v) is 6.54. The molecule has 0 aliphatic rings. The largest absolute Gasteiger partial charge is 0.318 e. The highest BCUT2D eigenvalue weighted by Crippen LogP contribution is 2.35. The molecular weight excluding hydrogens is 308 g/mol. The molecule has 0 aromatic heterocycles. The van der Waals surface area contributed by atoms with Crippen LogP contribution in [0.2, 0.25) is 10.0 Å². The van der Waals surface area contributed by atoms with Crippen molar-refractivity contribution in [2.75, 3.05) is 0 Å². The van der Waals surface area contributed by atoms with Gasteiger partial charge in [0.2, 0.25) is 0 Å². The molecule has 0 fully saturated rings. The van der Waals surface area contributed by atoms with Gasteiger partial charge in [-0.15, -0.1) is 0 Å². The summed E-state index contributed by atoms with van der Waals surface area (Å²) < 4.78 is 13.7. The van der Waals surface area contributed by atoms with Crippen molar-refractivity contribution >= 4 is 23.2 Å². The summed E-state index contributed by atoms with van der Waals surface area (Å²) in [6.45, 7) is 6.07. The number of halogens is 3. The van der Waals surface area contributed by atoms with E-state index in [1.807, 2.05) is 31.2 Å². The first-order valence-electron chi connectivity index (χ1n) is 6.78. The number of hydrogen-bond acceptors (Lipinski definition) is 1. The molecule has 0 aliphatic carbocycles. The molecule has 4 heteroatoms. The summed E-state index contributed by atoms with van der Waals surface area (Å²) in [6, 6.07) is 10.7. The molecule has 1 unspecified atom stereocenters. The minimum absolute atomic E-state index is 0.00490. The fourth-order valence-corrected chi connectivity index (χ4v) is 2.87. The lowest BCUT2D eigenvalue weighted by atomic mass is 9.84. The van der Waals surface area contributed by atoms with Crippen LogP contribution >= 0.6 is 23.2 Å². The van der Waals surface area contributed by atoms with Crippen LogP contribution in [0.25, 0.3) is 0 Å². The topological polar surface area (TPSA) is 26.0 Å². The Balaban J connectivity index is 2.48. The molecule has 21 heavy (non-hydrogen) atoms. The van der Waals surface area contributed by atoms with Crippen LogP contribution in [-0.2, 0) is 5.54 Å². The van der Waals surface area contributed by atoms with Crippen LogP contribution in [0, 0.1) is 5.82 Å². The third-order valence-corrected chi connectivity index (χ3v) is 4.35. The lowest BCUT2D eigenvalue weighted by Crippen LogP contribution is -2.34. The molecule has 0 saturated heterocycles. The summed E-state index contributed by atoms with van der Waals surface area (Å²) in [6.07, 6.45) is 0. The Morgan fingerprint density at radius 3 is 2.14 bits per heavy atom. The van der Waals surface area contributed by atoms with E-state index in [0.29, 0.717) is 16.5 Å². The van der Waals surface area contributed by atoms with E-state index in [9.17, 15) is 4.39 Å². The molecule has 0 amide bonds. The predicted molar refractivity (Wildman–Crippen MR) is 87.6 cm³/mol. The highest BCUT2D eigenvalue weighted by molar-refractivity contribution is 6.35. The summed E-state index contributed by atoms with van der Waals surface area (Å²) >= 11 is 11.9. The van der Waals surface area contributed by atoms with Crippen LogP contribution in [0.1, 0.15) is 43.4 Å². The van der Waals surface area contributed by atoms with Gasteiger partial charge < -0.3 is 5.73 Å². The molecule has 0 bridgehead atoms. The Kier molecular flexibility index (Phi) is 4.62. The number of hydrogen-bond donors (Lipinski definition) is 1. The van der Waals surface area contributed by atoms with Gasteiger partial charge in [-0.1, -0.05) is 61.3 Å². The first-order valence-corrected chi connectivity index (χ1v) is 7.53. The molecule has 0 heterocycles. The molecule has 0 spiro atoms. The van der Waals surface area contributed by atoms with Gasteiger partial charge in [0.15, 0.2) is 0 Å². The fourth-order valence-electron chi connectivity index (χ4n) is 2.29. The number of nitrogens with two attached hydrogens (primary N) is 1. The standard InChI is InChI=1S/C17H18Cl2FN/c1-10(2)11-4-6-12(7-5-11)17(3,21)13-8-16(20)15(19)9-14(13)18/h4-10H,21H2,1-3H3. The van der Waals surface area contributed by atoms with Gasteiger partial charge >= 0.3 is 0 Å². The maximum atomic E-state index is 13.7. The fraction of sp³-hybridized carbons (Fsp3) is 0.294. The first kappa shape index (κ1) is 16.3. The molecule has 0 aliphatic heterocycles. The summed E-state index contributed by atoms with van der Waals surface area (Å²) in [5.74, 6) is -0.0776. The second-order valence-electron chi connectivity index (χ2n) is 5.73. The minimum Gasteiger partial charge on any atom is -0.318 e. The Bertz CT molecular complexity index is 649. The van der Waals surface area contributed by atoms with E-state index in [4.69, 9.17) is 28.9 Å². The van der Waals surface area contributed by atoms with Crippen LogP contribution in [0.15, 0.2) is 36.4 Å². The Morgan fingerprint density at radius 2 is 1.62 bits per heavy atom. The number of rotatable bonds is 3. The predicted octanol–water partition coefficient (Wildman–Crippen LogP) is 5.48. The smallest absolute Gasteiger partial charge is 0.142 e.